The average molecular weight is 235 g/mol. The molecule has 1 rings (SSSR count). The van der Waals surface area contributed by atoms with Crippen LogP contribution in [-0.2, 0) is 4.79 Å². The zero-order chi connectivity index (χ0) is 12.7. The van der Waals surface area contributed by atoms with Crippen LogP contribution in [0.4, 0.5) is 0 Å². The van der Waals surface area contributed by atoms with Gasteiger partial charge in [0.05, 0.1) is 17.8 Å². The van der Waals surface area contributed by atoms with Gasteiger partial charge < -0.3 is 11.1 Å². The molecule has 0 fully saturated rings. The molecule has 0 spiro atoms. The van der Waals surface area contributed by atoms with Gasteiger partial charge >= 0.3 is 0 Å². The van der Waals surface area contributed by atoms with Crippen molar-refractivity contribution < 1.29 is 4.79 Å². The third-order valence-corrected chi connectivity index (χ3v) is 2.70. The molecule has 17 heavy (non-hydrogen) atoms. The van der Waals surface area contributed by atoms with Crippen molar-refractivity contribution >= 4 is 5.91 Å². The van der Waals surface area contributed by atoms with Crippen molar-refractivity contribution in [1.82, 2.24) is 10.3 Å². The van der Waals surface area contributed by atoms with Gasteiger partial charge in [-0.1, -0.05) is 25.8 Å². The number of aromatic nitrogens is 1. The molecule has 0 aromatic carbocycles. The van der Waals surface area contributed by atoms with Crippen LogP contribution in [0.5, 0.6) is 0 Å². The van der Waals surface area contributed by atoms with Gasteiger partial charge in [-0.3, -0.25) is 9.78 Å². The quantitative estimate of drug-likeness (QED) is 0.789. The van der Waals surface area contributed by atoms with Gasteiger partial charge in [0.1, 0.15) is 0 Å². The highest BCUT2D eigenvalue weighted by atomic mass is 16.2. The van der Waals surface area contributed by atoms with Crippen LogP contribution in [0.25, 0.3) is 0 Å². The summed E-state index contributed by atoms with van der Waals surface area (Å²) in [7, 11) is 0. The molecule has 94 valence electrons. The Morgan fingerprint density at radius 2 is 2.29 bits per heavy atom. The van der Waals surface area contributed by atoms with Gasteiger partial charge in [-0.15, -0.1) is 0 Å². The topological polar surface area (TPSA) is 68.0 Å². The van der Waals surface area contributed by atoms with Gasteiger partial charge in [0, 0.05) is 6.20 Å². The van der Waals surface area contributed by atoms with E-state index in [9.17, 15) is 4.79 Å². The molecule has 0 bridgehead atoms. The summed E-state index contributed by atoms with van der Waals surface area (Å²) in [5, 5.41) is 2.88. The van der Waals surface area contributed by atoms with Crippen molar-refractivity contribution in [1.29, 1.82) is 0 Å². The van der Waals surface area contributed by atoms with Gasteiger partial charge in [0.2, 0.25) is 5.91 Å². The Bertz CT molecular complexity index is 340. The molecular formula is C13H21N3O. The Morgan fingerprint density at radius 3 is 2.88 bits per heavy atom. The van der Waals surface area contributed by atoms with Crippen molar-refractivity contribution in [2.24, 2.45) is 5.73 Å². The number of nitrogens with one attached hydrogen (secondary N) is 1. The molecular weight excluding hydrogens is 214 g/mol. The Labute approximate surface area is 103 Å². The zero-order valence-corrected chi connectivity index (χ0v) is 10.5. The van der Waals surface area contributed by atoms with E-state index >= 15 is 0 Å². The van der Waals surface area contributed by atoms with Crippen molar-refractivity contribution in [2.75, 3.05) is 0 Å². The summed E-state index contributed by atoms with van der Waals surface area (Å²) in [6.45, 7) is 3.99. The van der Waals surface area contributed by atoms with E-state index in [1.807, 2.05) is 25.1 Å². The number of carbonyl (C=O) groups excluding carboxylic acids is 1. The number of pyridine rings is 1. The van der Waals surface area contributed by atoms with Crippen molar-refractivity contribution in [3.05, 3.63) is 30.1 Å². The van der Waals surface area contributed by atoms with Crippen LogP contribution in [0.1, 0.15) is 44.8 Å². The van der Waals surface area contributed by atoms with Crippen LogP contribution in [0.2, 0.25) is 0 Å². The fourth-order valence-electron chi connectivity index (χ4n) is 1.58. The molecule has 0 saturated heterocycles. The molecule has 1 amide bonds. The monoisotopic (exact) mass is 235 g/mol. The highest BCUT2D eigenvalue weighted by molar-refractivity contribution is 5.81. The minimum atomic E-state index is -0.416. The van der Waals surface area contributed by atoms with Gasteiger partial charge in [-0.2, -0.15) is 0 Å². The molecule has 0 aliphatic heterocycles. The molecule has 2 atom stereocenters. The molecule has 4 nitrogen and oxygen atoms in total. The van der Waals surface area contributed by atoms with Gasteiger partial charge in [0.15, 0.2) is 0 Å². The van der Waals surface area contributed by atoms with E-state index in [2.05, 4.69) is 17.2 Å². The fraction of sp³-hybridized carbons (Fsp3) is 0.538. The van der Waals surface area contributed by atoms with Crippen LogP contribution in [0, 0.1) is 0 Å². The first-order valence-corrected chi connectivity index (χ1v) is 6.12. The summed E-state index contributed by atoms with van der Waals surface area (Å²) >= 11 is 0. The number of nitrogens with zero attached hydrogens (tertiary/aromatic N) is 1. The van der Waals surface area contributed by atoms with Gasteiger partial charge in [-0.25, -0.2) is 0 Å². The lowest BCUT2D eigenvalue weighted by atomic mass is 10.1. The van der Waals surface area contributed by atoms with Crippen LogP contribution in [-0.4, -0.2) is 16.9 Å². The van der Waals surface area contributed by atoms with Crippen LogP contribution >= 0.6 is 0 Å². The molecule has 0 radical (unpaired) electrons. The summed E-state index contributed by atoms with van der Waals surface area (Å²) in [5.74, 6) is -0.100. The maximum atomic E-state index is 11.8. The molecule has 3 N–H and O–H groups in total. The van der Waals surface area contributed by atoms with Crippen molar-refractivity contribution in [3.63, 3.8) is 0 Å². The van der Waals surface area contributed by atoms with Gasteiger partial charge in [-0.05, 0) is 25.5 Å². The Balaban J connectivity index is 2.46. The molecule has 1 unspecified atom stereocenters. The smallest absolute Gasteiger partial charge is 0.237 e. The second-order valence-corrected chi connectivity index (χ2v) is 4.23. The fourth-order valence-corrected chi connectivity index (χ4v) is 1.58. The molecule has 0 saturated carbocycles. The first kappa shape index (κ1) is 13.6. The number of hydrogen-bond acceptors (Lipinski definition) is 3. The number of carbonyl (C=O) groups is 1. The second-order valence-electron chi connectivity index (χ2n) is 4.23. The van der Waals surface area contributed by atoms with Crippen molar-refractivity contribution in [2.45, 2.75) is 45.2 Å². The number of amides is 1. The van der Waals surface area contributed by atoms with Crippen molar-refractivity contribution in [3.8, 4) is 0 Å². The predicted molar refractivity (Wildman–Crippen MR) is 68.3 cm³/mol. The molecule has 1 aromatic rings. The maximum Gasteiger partial charge on any atom is 0.237 e. The molecule has 1 aromatic heterocycles. The number of hydrogen-bond donors (Lipinski definition) is 2. The minimum Gasteiger partial charge on any atom is -0.347 e. The van der Waals surface area contributed by atoms with E-state index in [1.165, 1.54) is 0 Å². The molecule has 1 heterocycles. The summed E-state index contributed by atoms with van der Waals surface area (Å²) in [4.78, 5) is 16.0. The summed E-state index contributed by atoms with van der Waals surface area (Å²) in [6.07, 6.45) is 4.48. The second kappa shape index (κ2) is 7.01. The van der Waals surface area contributed by atoms with E-state index in [4.69, 9.17) is 5.73 Å². The lowest BCUT2D eigenvalue weighted by molar-refractivity contribution is -0.123. The number of rotatable bonds is 6. The first-order valence-electron chi connectivity index (χ1n) is 6.12. The third-order valence-electron chi connectivity index (χ3n) is 2.70. The summed E-state index contributed by atoms with van der Waals surface area (Å²) in [6, 6.07) is 5.13. The normalized spacial score (nSPS) is 14.1. The highest BCUT2D eigenvalue weighted by Gasteiger charge is 2.16. The number of unbranched alkanes of at least 4 members (excludes halogenated alkanes) is 1. The lowest BCUT2D eigenvalue weighted by Gasteiger charge is -2.16. The lowest BCUT2D eigenvalue weighted by Crippen LogP contribution is -2.41. The van der Waals surface area contributed by atoms with Crippen LogP contribution in [0.15, 0.2) is 24.4 Å². The van der Waals surface area contributed by atoms with E-state index in [0.717, 1.165) is 25.0 Å². The SMILES string of the molecule is CCCCC(N)C(=O)N[C@@H](C)c1ccccn1. The Kier molecular flexibility index (Phi) is 5.63. The zero-order valence-electron chi connectivity index (χ0n) is 10.5. The Morgan fingerprint density at radius 1 is 1.53 bits per heavy atom. The molecule has 4 heteroatoms. The minimum absolute atomic E-state index is 0.100. The van der Waals surface area contributed by atoms with Crippen LogP contribution < -0.4 is 11.1 Å². The maximum absolute atomic E-state index is 11.8. The van der Waals surface area contributed by atoms with E-state index in [0.29, 0.717) is 0 Å². The van der Waals surface area contributed by atoms with Gasteiger partial charge in [0.25, 0.3) is 0 Å². The average Bonchev–Trinajstić information content (AvgIpc) is 2.36. The summed E-state index contributed by atoms with van der Waals surface area (Å²) < 4.78 is 0. The standard InChI is InChI=1S/C13H21N3O/c1-3-4-7-11(14)13(17)16-10(2)12-8-5-6-9-15-12/h5-6,8-11H,3-4,7,14H2,1-2H3,(H,16,17)/t10-,11?/m0/s1. The third kappa shape index (κ3) is 4.53. The summed E-state index contributed by atoms with van der Waals surface area (Å²) in [5.41, 5.74) is 6.65. The van der Waals surface area contributed by atoms with E-state index in [1.54, 1.807) is 6.20 Å². The predicted octanol–water partition coefficient (Wildman–Crippen LogP) is 1.78. The van der Waals surface area contributed by atoms with E-state index < -0.39 is 6.04 Å². The van der Waals surface area contributed by atoms with E-state index in [-0.39, 0.29) is 11.9 Å². The highest BCUT2D eigenvalue weighted by Crippen LogP contribution is 2.08. The first-order chi connectivity index (χ1) is 8.15. The largest absolute Gasteiger partial charge is 0.347 e. The number of nitrogens with two attached hydrogens (primary N) is 1. The molecule has 0 aliphatic rings. The molecule has 0 aliphatic carbocycles. The Hall–Kier alpha value is -1.42. The van der Waals surface area contributed by atoms with Crippen LogP contribution in [0.3, 0.4) is 0 Å².